The predicted octanol–water partition coefficient (Wildman–Crippen LogP) is 1.79. The van der Waals surface area contributed by atoms with Crippen LogP contribution in [-0.2, 0) is 9.53 Å². The van der Waals surface area contributed by atoms with Crippen LogP contribution in [0.25, 0.3) is 0 Å². The van der Waals surface area contributed by atoms with Crippen LogP contribution in [0.4, 0.5) is 4.39 Å². The molecule has 1 aromatic carbocycles. The molecule has 2 unspecified atom stereocenters. The number of carbonyl (C=O) groups excluding carboxylic acids is 1. The second-order valence-corrected chi connectivity index (χ2v) is 5.20. The van der Waals surface area contributed by atoms with Gasteiger partial charge in [0.1, 0.15) is 11.9 Å². The van der Waals surface area contributed by atoms with Gasteiger partial charge < -0.3 is 15.2 Å². The molecule has 0 saturated heterocycles. The Bertz CT molecular complexity index is 462. The molecule has 1 saturated carbocycles. The van der Waals surface area contributed by atoms with Crippen molar-refractivity contribution in [2.45, 2.75) is 32.0 Å². The molecule has 1 fully saturated rings. The van der Waals surface area contributed by atoms with Gasteiger partial charge in [0.2, 0.25) is 5.91 Å². The molecule has 0 bridgehead atoms. The van der Waals surface area contributed by atoms with Gasteiger partial charge in [0.05, 0.1) is 12.7 Å². The quantitative estimate of drug-likeness (QED) is 0.801. The molecule has 1 amide bonds. The fourth-order valence-corrected chi connectivity index (χ4v) is 1.84. The van der Waals surface area contributed by atoms with E-state index in [1.807, 2.05) is 0 Å². The van der Waals surface area contributed by atoms with E-state index in [0.29, 0.717) is 12.5 Å². The maximum atomic E-state index is 13.4. The van der Waals surface area contributed by atoms with Crippen molar-refractivity contribution in [2.24, 2.45) is 5.92 Å². The first-order valence-electron chi connectivity index (χ1n) is 6.89. The molecule has 20 heavy (non-hydrogen) atoms. The van der Waals surface area contributed by atoms with Crippen molar-refractivity contribution in [3.63, 3.8) is 0 Å². The van der Waals surface area contributed by atoms with E-state index < -0.39 is 18.0 Å². The SMILES string of the molecule is CC(OCC1CC1)C(=O)NCC(O)c1ccccc1F. The highest BCUT2D eigenvalue weighted by molar-refractivity contribution is 5.80. The largest absolute Gasteiger partial charge is 0.386 e. The van der Waals surface area contributed by atoms with Gasteiger partial charge in [-0.15, -0.1) is 0 Å². The molecule has 0 aliphatic heterocycles. The molecular weight excluding hydrogens is 261 g/mol. The summed E-state index contributed by atoms with van der Waals surface area (Å²) in [5.41, 5.74) is 0.180. The number of nitrogens with one attached hydrogen (secondary N) is 1. The minimum atomic E-state index is -1.06. The zero-order valence-corrected chi connectivity index (χ0v) is 11.5. The van der Waals surface area contributed by atoms with Crippen molar-refractivity contribution in [2.75, 3.05) is 13.2 Å². The molecule has 1 aromatic rings. The van der Waals surface area contributed by atoms with Crippen LogP contribution in [0, 0.1) is 11.7 Å². The Balaban J connectivity index is 1.75. The van der Waals surface area contributed by atoms with Crippen molar-refractivity contribution in [1.82, 2.24) is 5.32 Å². The molecule has 2 atom stereocenters. The summed E-state index contributed by atoms with van der Waals surface area (Å²) in [6.07, 6.45) is 0.722. The fourth-order valence-electron chi connectivity index (χ4n) is 1.84. The molecule has 110 valence electrons. The smallest absolute Gasteiger partial charge is 0.248 e. The molecule has 2 N–H and O–H groups in total. The van der Waals surface area contributed by atoms with E-state index in [2.05, 4.69) is 5.32 Å². The first-order chi connectivity index (χ1) is 9.58. The lowest BCUT2D eigenvalue weighted by Crippen LogP contribution is -2.37. The Morgan fingerprint density at radius 2 is 2.20 bits per heavy atom. The van der Waals surface area contributed by atoms with Gasteiger partial charge >= 0.3 is 0 Å². The van der Waals surface area contributed by atoms with E-state index >= 15 is 0 Å². The minimum absolute atomic E-state index is 0.0309. The molecule has 5 heteroatoms. The summed E-state index contributed by atoms with van der Waals surface area (Å²) >= 11 is 0. The monoisotopic (exact) mass is 281 g/mol. The number of carbonyl (C=O) groups is 1. The summed E-state index contributed by atoms with van der Waals surface area (Å²) in [6, 6.07) is 5.98. The molecule has 0 spiro atoms. The number of rotatable bonds is 7. The highest BCUT2D eigenvalue weighted by Gasteiger charge is 2.24. The van der Waals surface area contributed by atoms with E-state index in [-0.39, 0.29) is 18.0 Å². The number of aliphatic hydroxyl groups is 1. The molecule has 0 aromatic heterocycles. The van der Waals surface area contributed by atoms with Crippen LogP contribution in [-0.4, -0.2) is 30.3 Å². The second kappa shape index (κ2) is 6.81. The van der Waals surface area contributed by atoms with Crippen LogP contribution in [0.3, 0.4) is 0 Å². The first-order valence-corrected chi connectivity index (χ1v) is 6.89. The lowest BCUT2D eigenvalue weighted by Gasteiger charge is -2.16. The summed E-state index contributed by atoms with van der Waals surface area (Å²) in [7, 11) is 0. The summed E-state index contributed by atoms with van der Waals surface area (Å²) in [5, 5.41) is 12.4. The maximum Gasteiger partial charge on any atom is 0.248 e. The maximum absolute atomic E-state index is 13.4. The Labute approximate surface area is 117 Å². The number of aliphatic hydroxyl groups excluding tert-OH is 1. The van der Waals surface area contributed by atoms with Crippen LogP contribution in [0.1, 0.15) is 31.4 Å². The standard InChI is InChI=1S/C15H20FNO3/c1-10(20-9-11-6-7-11)15(19)17-8-14(18)12-4-2-3-5-13(12)16/h2-5,10-11,14,18H,6-9H2,1H3,(H,17,19). The van der Waals surface area contributed by atoms with Gasteiger partial charge in [-0.1, -0.05) is 18.2 Å². The summed E-state index contributed by atoms with van der Waals surface area (Å²) in [5.74, 6) is -0.178. The van der Waals surface area contributed by atoms with Gasteiger partial charge in [0.25, 0.3) is 0 Å². The van der Waals surface area contributed by atoms with Crippen LogP contribution in [0.5, 0.6) is 0 Å². The summed E-state index contributed by atoms with van der Waals surface area (Å²) in [4.78, 5) is 11.8. The number of halogens is 1. The van der Waals surface area contributed by atoms with E-state index in [1.165, 1.54) is 25.0 Å². The number of hydrogen-bond donors (Lipinski definition) is 2. The van der Waals surface area contributed by atoms with Crippen LogP contribution < -0.4 is 5.32 Å². The number of ether oxygens (including phenoxy) is 1. The normalized spacial score (nSPS) is 17.6. The molecule has 2 rings (SSSR count). The van der Waals surface area contributed by atoms with E-state index in [1.54, 1.807) is 19.1 Å². The summed E-state index contributed by atoms with van der Waals surface area (Å²) < 4.78 is 18.9. The van der Waals surface area contributed by atoms with Gasteiger partial charge in [0, 0.05) is 12.1 Å². The van der Waals surface area contributed by atoms with E-state index in [9.17, 15) is 14.3 Å². The van der Waals surface area contributed by atoms with Gasteiger partial charge in [-0.25, -0.2) is 4.39 Å². The Hall–Kier alpha value is -1.46. The van der Waals surface area contributed by atoms with Gasteiger partial charge in [0.15, 0.2) is 0 Å². The van der Waals surface area contributed by atoms with Gasteiger partial charge in [-0.2, -0.15) is 0 Å². The minimum Gasteiger partial charge on any atom is -0.386 e. The van der Waals surface area contributed by atoms with Crippen molar-refractivity contribution >= 4 is 5.91 Å². The first kappa shape index (κ1) is 14.9. The second-order valence-electron chi connectivity index (χ2n) is 5.20. The van der Waals surface area contributed by atoms with Crippen molar-refractivity contribution < 1.29 is 19.0 Å². The number of hydrogen-bond acceptors (Lipinski definition) is 3. The Kier molecular flexibility index (Phi) is 5.09. The average Bonchev–Trinajstić information content (AvgIpc) is 3.26. The molecule has 4 nitrogen and oxygen atoms in total. The molecular formula is C15H20FNO3. The molecule has 0 heterocycles. The molecule has 1 aliphatic rings. The topological polar surface area (TPSA) is 58.6 Å². The lowest BCUT2D eigenvalue weighted by atomic mass is 10.1. The number of benzene rings is 1. The van der Waals surface area contributed by atoms with Crippen LogP contribution >= 0.6 is 0 Å². The zero-order valence-electron chi connectivity index (χ0n) is 11.5. The van der Waals surface area contributed by atoms with Crippen LogP contribution in [0.15, 0.2) is 24.3 Å². The van der Waals surface area contributed by atoms with E-state index in [4.69, 9.17) is 4.74 Å². The zero-order chi connectivity index (χ0) is 14.5. The summed E-state index contributed by atoms with van der Waals surface area (Å²) in [6.45, 7) is 2.24. The third kappa shape index (κ3) is 4.28. The van der Waals surface area contributed by atoms with Crippen molar-refractivity contribution in [1.29, 1.82) is 0 Å². The van der Waals surface area contributed by atoms with Crippen molar-refractivity contribution in [3.8, 4) is 0 Å². The van der Waals surface area contributed by atoms with Gasteiger partial charge in [-0.3, -0.25) is 4.79 Å². The Morgan fingerprint density at radius 1 is 1.50 bits per heavy atom. The van der Waals surface area contributed by atoms with Gasteiger partial charge in [-0.05, 0) is 31.7 Å². The third-order valence-electron chi connectivity index (χ3n) is 3.38. The Morgan fingerprint density at radius 3 is 2.85 bits per heavy atom. The van der Waals surface area contributed by atoms with Crippen LogP contribution in [0.2, 0.25) is 0 Å². The lowest BCUT2D eigenvalue weighted by molar-refractivity contribution is -0.132. The van der Waals surface area contributed by atoms with E-state index in [0.717, 1.165) is 0 Å². The number of amides is 1. The third-order valence-corrected chi connectivity index (χ3v) is 3.38. The fraction of sp³-hybridized carbons (Fsp3) is 0.533. The molecule has 1 aliphatic carbocycles. The average molecular weight is 281 g/mol. The highest BCUT2D eigenvalue weighted by atomic mass is 19.1. The molecule has 0 radical (unpaired) electrons. The predicted molar refractivity (Wildman–Crippen MR) is 72.5 cm³/mol. The van der Waals surface area contributed by atoms with Crippen molar-refractivity contribution in [3.05, 3.63) is 35.6 Å². The highest BCUT2D eigenvalue weighted by Crippen LogP contribution is 2.29.